The van der Waals surface area contributed by atoms with E-state index in [1.54, 1.807) is 4.90 Å². The molecular weight excluding hydrogens is 218 g/mol. The highest BCUT2D eigenvalue weighted by Crippen LogP contribution is 2.09. The first kappa shape index (κ1) is 11.9. The summed E-state index contributed by atoms with van der Waals surface area (Å²) in [6.45, 7) is 1.21. The minimum atomic E-state index is -0.350. The molecule has 1 saturated heterocycles. The SMILES string of the molecule is N[C@@H]1CN(C(=O)OCc2ccccc2)C[C@@H]1N. The molecule has 0 unspecified atom stereocenters. The van der Waals surface area contributed by atoms with Gasteiger partial charge in [-0.2, -0.15) is 0 Å². The van der Waals surface area contributed by atoms with Crippen molar-refractivity contribution in [3.63, 3.8) is 0 Å². The lowest BCUT2D eigenvalue weighted by atomic mass is 10.2. The molecular formula is C12H17N3O2. The van der Waals surface area contributed by atoms with Crippen molar-refractivity contribution in [2.45, 2.75) is 18.7 Å². The molecule has 1 aromatic carbocycles. The summed E-state index contributed by atoms with van der Waals surface area (Å²) in [5.74, 6) is 0. The number of benzene rings is 1. The maximum absolute atomic E-state index is 11.7. The Morgan fingerprint density at radius 2 is 1.82 bits per heavy atom. The second-order valence-corrected chi connectivity index (χ2v) is 4.27. The zero-order valence-electron chi connectivity index (χ0n) is 9.58. The number of amides is 1. The Morgan fingerprint density at radius 3 is 2.41 bits per heavy atom. The number of carbonyl (C=O) groups excluding carboxylic acids is 1. The van der Waals surface area contributed by atoms with Crippen LogP contribution >= 0.6 is 0 Å². The van der Waals surface area contributed by atoms with Crippen molar-refractivity contribution in [2.75, 3.05) is 13.1 Å². The summed E-state index contributed by atoms with van der Waals surface area (Å²) >= 11 is 0. The molecule has 0 spiro atoms. The van der Waals surface area contributed by atoms with Crippen LogP contribution in [0.15, 0.2) is 30.3 Å². The molecule has 0 radical (unpaired) electrons. The Hall–Kier alpha value is -1.59. The van der Waals surface area contributed by atoms with Crippen LogP contribution in [0.5, 0.6) is 0 Å². The first-order valence-corrected chi connectivity index (χ1v) is 5.63. The quantitative estimate of drug-likeness (QED) is 0.772. The van der Waals surface area contributed by atoms with Gasteiger partial charge in [0.15, 0.2) is 0 Å². The van der Waals surface area contributed by atoms with Gasteiger partial charge in [0.25, 0.3) is 0 Å². The Balaban J connectivity index is 1.82. The molecule has 4 N–H and O–H groups in total. The predicted molar refractivity (Wildman–Crippen MR) is 64.2 cm³/mol. The van der Waals surface area contributed by atoms with Gasteiger partial charge in [-0.05, 0) is 5.56 Å². The van der Waals surface area contributed by atoms with Crippen LogP contribution in [0, 0.1) is 0 Å². The number of nitrogens with zero attached hydrogens (tertiary/aromatic N) is 1. The topological polar surface area (TPSA) is 81.6 Å². The van der Waals surface area contributed by atoms with E-state index in [1.807, 2.05) is 30.3 Å². The lowest BCUT2D eigenvalue weighted by Crippen LogP contribution is -2.39. The summed E-state index contributed by atoms with van der Waals surface area (Å²) in [4.78, 5) is 13.3. The van der Waals surface area contributed by atoms with E-state index < -0.39 is 0 Å². The van der Waals surface area contributed by atoms with Crippen molar-refractivity contribution in [3.05, 3.63) is 35.9 Å². The smallest absolute Gasteiger partial charge is 0.410 e. The van der Waals surface area contributed by atoms with Gasteiger partial charge in [-0.1, -0.05) is 30.3 Å². The summed E-state index contributed by atoms with van der Waals surface area (Å²) in [7, 11) is 0. The van der Waals surface area contributed by atoms with Gasteiger partial charge in [-0.25, -0.2) is 4.79 Å². The van der Waals surface area contributed by atoms with Gasteiger partial charge in [0.05, 0.1) is 0 Å². The van der Waals surface area contributed by atoms with Gasteiger partial charge in [0.2, 0.25) is 0 Å². The number of ether oxygens (including phenoxy) is 1. The van der Waals surface area contributed by atoms with Crippen LogP contribution in [0.25, 0.3) is 0 Å². The molecule has 0 aliphatic carbocycles. The summed E-state index contributed by atoms with van der Waals surface area (Å²) in [6.07, 6.45) is -0.350. The maximum Gasteiger partial charge on any atom is 0.410 e. The van der Waals surface area contributed by atoms with E-state index in [2.05, 4.69) is 0 Å². The van der Waals surface area contributed by atoms with E-state index in [1.165, 1.54) is 0 Å². The Morgan fingerprint density at radius 1 is 1.24 bits per heavy atom. The van der Waals surface area contributed by atoms with E-state index in [-0.39, 0.29) is 24.8 Å². The van der Waals surface area contributed by atoms with Gasteiger partial charge >= 0.3 is 6.09 Å². The second kappa shape index (κ2) is 5.16. The van der Waals surface area contributed by atoms with E-state index in [0.717, 1.165) is 5.56 Å². The van der Waals surface area contributed by atoms with Crippen molar-refractivity contribution in [2.24, 2.45) is 11.5 Å². The van der Waals surface area contributed by atoms with Crippen LogP contribution in [-0.2, 0) is 11.3 Å². The zero-order chi connectivity index (χ0) is 12.3. The molecule has 0 bridgehead atoms. The highest BCUT2D eigenvalue weighted by Gasteiger charge is 2.31. The van der Waals surface area contributed by atoms with E-state index in [0.29, 0.717) is 13.1 Å². The predicted octanol–water partition coefficient (Wildman–Crippen LogP) is 0.293. The fourth-order valence-electron chi connectivity index (χ4n) is 1.81. The van der Waals surface area contributed by atoms with E-state index in [4.69, 9.17) is 16.2 Å². The minimum absolute atomic E-state index is 0.153. The molecule has 1 fully saturated rings. The van der Waals surface area contributed by atoms with Crippen molar-refractivity contribution >= 4 is 6.09 Å². The second-order valence-electron chi connectivity index (χ2n) is 4.27. The Kier molecular flexibility index (Phi) is 3.61. The van der Waals surface area contributed by atoms with Gasteiger partial charge < -0.3 is 21.1 Å². The third kappa shape index (κ3) is 2.95. The first-order valence-electron chi connectivity index (χ1n) is 5.63. The molecule has 1 aliphatic heterocycles. The zero-order valence-corrected chi connectivity index (χ0v) is 9.58. The van der Waals surface area contributed by atoms with Crippen LogP contribution in [-0.4, -0.2) is 36.2 Å². The lowest BCUT2D eigenvalue weighted by molar-refractivity contribution is 0.103. The first-order chi connectivity index (χ1) is 8.16. The molecule has 2 rings (SSSR count). The summed E-state index contributed by atoms with van der Waals surface area (Å²) in [5.41, 5.74) is 12.4. The van der Waals surface area contributed by atoms with Crippen LogP contribution in [0.2, 0.25) is 0 Å². The van der Waals surface area contributed by atoms with Crippen LogP contribution in [0.3, 0.4) is 0 Å². The summed E-state index contributed by atoms with van der Waals surface area (Å²) in [6, 6.07) is 9.25. The number of likely N-dealkylation sites (tertiary alicyclic amines) is 1. The maximum atomic E-state index is 11.7. The molecule has 0 aromatic heterocycles. The fourth-order valence-corrected chi connectivity index (χ4v) is 1.81. The number of hydrogen-bond acceptors (Lipinski definition) is 4. The molecule has 1 amide bonds. The normalized spacial score (nSPS) is 23.8. The molecule has 2 atom stereocenters. The lowest BCUT2D eigenvalue weighted by Gasteiger charge is -2.15. The van der Waals surface area contributed by atoms with Crippen molar-refractivity contribution in [1.29, 1.82) is 0 Å². The van der Waals surface area contributed by atoms with Crippen molar-refractivity contribution < 1.29 is 9.53 Å². The number of rotatable bonds is 2. The van der Waals surface area contributed by atoms with Crippen molar-refractivity contribution in [3.8, 4) is 0 Å². The average molecular weight is 235 g/mol. The largest absolute Gasteiger partial charge is 0.445 e. The molecule has 5 heteroatoms. The fraction of sp³-hybridized carbons (Fsp3) is 0.417. The number of carbonyl (C=O) groups is 1. The van der Waals surface area contributed by atoms with Crippen LogP contribution < -0.4 is 11.5 Å². The van der Waals surface area contributed by atoms with Gasteiger partial charge in [-0.15, -0.1) is 0 Å². The van der Waals surface area contributed by atoms with Crippen LogP contribution in [0.1, 0.15) is 5.56 Å². The molecule has 5 nitrogen and oxygen atoms in total. The highest BCUT2D eigenvalue weighted by atomic mass is 16.6. The van der Waals surface area contributed by atoms with Gasteiger partial charge in [0, 0.05) is 25.2 Å². The molecule has 92 valence electrons. The number of nitrogens with two attached hydrogens (primary N) is 2. The molecule has 1 heterocycles. The van der Waals surface area contributed by atoms with E-state index >= 15 is 0 Å². The van der Waals surface area contributed by atoms with Gasteiger partial charge in [0.1, 0.15) is 6.61 Å². The average Bonchev–Trinajstić information content (AvgIpc) is 2.68. The van der Waals surface area contributed by atoms with E-state index in [9.17, 15) is 4.79 Å². The molecule has 1 aromatic rings. The van der Waals surface area contributed by atoms with Crippen LogP contribution in [0.4, 0.5) is 4.79 Å². The third-order valence-corrected chi connectivity index (χ3v) is 2.88. The Bertz CT molecular complexity index is 373. The molecule has 0 saturated carbocycles. The molecule has 1 aliphatic rings. The van der Waals surface area contributed by atoms with Crippen molar-refractivity contribution in [1.82, 2.24) is 4.90 Å². The Labute approximate surface area is 100 Å². The third-order valence-electron chi connectivity index (χ3n) is 2.88. The number of hydrogen-bond donors (Lipinski definition) is 2. The molecule has 17 heavy (non-hydrogen) atoms. The highest BCUT2D eigenvalue weighted by molar-refractivity contribution is 5.68. The minimum Gasteiger partial charge on any atom is -0.445 e. The summed E-state index contributed by atoms with van der Waals surface area (Å²) in [5, 5.41) is 0. The van der Waals surface area contributed by atoms with Gasteiger partial charge in [-0.3, -0.25) is 0 Å². The standard InChI is InChI=1S/C12H17N3O2/c13-10-6-15(7-11(10)14)12(16)17-8-9-4-2-1-3-5-9/h1-5,10-11H,6-8,13-14H2/t10-,11+. The monoisotopic (exact) mass is 235 g/mol. The summed E-state index contributed by atoms with van der Waals surface area (Å²) < 4.78 is 5.18.